The first-order chi connectivity index (χ1) is 11.2. The molecule has 0 saturated carbocycles. The van der Waals surface area contributed by atoms with Gasteiger partial charge in [-0.1, -0.05) is 19.1 Å². The fourth-order valence-corrected chi connectivity index (χ4v) is 2.46. The summed E-state index contributed by atoms with van der Waals surface area (Å²) in [6.45, 7) is 3.22. The monoisotopic (exact) mass is 314 g/mol. The zero-order valence-corrected chi connectivity index (χ0v) is 13.8. The van der Waals surface area contributed by atoms with Crippen molar-refractivity contribution in [3.63, 3.8) is 0 Å². The Hall–Kier alpha value is -2.56. The van der Waals surface area contributed by atoms with Crippen LogP contribution in [0, 0.1) is 0 Å². The maximum Gasteiger partial charge on any atom is 0.258 e. The first-order valence-electron chi connectivity index (χ1n) is 7.60. The van der Waals surface area contributed by atoms with Gasteiger partial charge in [0.1, 0.15) is 0 Å². The van der Waals surface area contributed by atoms with Gasteiger partial charge in [0.05, 0.1) is 19.8 Å². The molecule has 0 fully saturated rings. The van der Waals surface area contributed by atoms with Gasteiger partial charge in [-0.15, -0.1) is 0 Å². The van der Waals surface area contributed by atoms with Crippen LogP contribution in [-0.2, 0) is 6.54 Å². The second-order valence-corrected chi connectivity index (χ2v) is 5.13. The number of hydrogen-bond acceptors (Lipinski definition) is 4. The first-order valence-corrected chi connectivity index (χ1v) is 7.60. The topological polar surface area (TPSA) is 51.7 Å². The van der Waals surface area contributed by atoms with Crippen molar-refractivity contribution < 1.29 is 14.3 Å². The van der Waals surface area contributed by atoms with Gasteiger partial charge < -0.3 is 14.4 Å². The molecule has 1 heterocycles. The van der Waals surface area contributed by atoms with E-state index in [0.717, 1.165) is 12.0 Å². The van der Waals surface area contributed by atoms with E-state index in [1.807, 2.05) is 19.1 Å². The van der Waals surface area contributed by atoms with Gasteiger partial charge in [0.2, 0.25) is 0 Å². The quantitative estimate of drug-likeness (QED) is 0.788. The minimum atomic E-state index is -0.0774. The Bertz CT molecular complexity index is 644. The summed E-state index contributed by atoms with van der Waals surface area (Å²) >= 11 is 0. The van der Waals surface area contributed by atoms with E-state index in [0.29, 0.717) is 30.2 Å². The molecule has 0 atom stereocenters. The molecule has 2 rings (SSSR count). The number of nitrogens with zero attached hydrogens (tertiary/aromatic N) is 2. The molecule has 0 aliphatic carbocycles. The molecule has 2 aromatic rings. The average Bonchev–Trinajstić information content (AvgIpc) is 2.60. The number of pyridine rings is 1. The van der Waals surface area contributed by atoms with E-state index < -0.39 is 0 Å². The third kappa shape index (κ3) is 4.00. The summed E-state index contributed by atoms with van der Waals surface area (Å²) in [6, 6.07) is 9.17. The van der Waals surface area contributed by atoms with Gasteiger partial charge in [-0.05, 0) is 30.2 Å². The molecule has 1 aromatic heterocycles. The zero-order chi connectivity index (χ0) is 16.7. The van der Waals surface area contributed by atoms with Crippen molar-refractivity contribution in [1.29, 1.82) is 0 Å². The predicted molar refractivity (Wildman–Crippen MR) is 88.8 cm³/mol. The van der Waals surface area contributed by atoms with E-state index in [9.17, 15) is 4.79 Å². The molecule has 5 heteroatoms. The predicted octanol–water partition coefficient (Wildman–Crippen LogP) is 3.15. The Morgan fingerprint density at radius 2 is 2.00 bits per heavy atom. The van der Waals surface area contributed by atoms with Crippen LogP contribution in [0.4, 0.5) is 0 Å². The van der Waals surface area contributed by atoms with E-state index in [1.54, 1.807) is 49.7 Å². The number of methoxy groups -OCH3 is 2. The molecule has 122 valence electrons. The van der Waals surface area contributed by atoms with Crippen molar-refractivity contribution >= 4 is 5.91 Å². The van der Waals surface area contributed by atoms with Gasteiger partial charge in [0.25, 0.3) is 5.91 Å². The summed E-state index contributed by atoms with van der Waals surface area (Å²) in [5.41, 5.74) is 1.50. The average molecular weight is 314 g/mol. The number of hydrogen-bond donors (Lipinski definition) is 0. The number of rotatable bonds is 7. The highest BCUT2D eigenvalue weighted by Gasteiger charge is 2.21. The van der Waals surface area contributed by atoms with Crippen LogP contribution in [0.25, 0.3) is 0 Å². The minimum Gasteiger partial charge on any atom is -0.493 e. The Kier molecular flexibility index (Phi) is 5.97. The van der Waals surface area contributed by atoms with E-state index in [-0.39, 0.29) is 5.91 Å². The lowest BCUT2D eigenvalue weighted by molar-refractivity contribution is 0.0739. The summed E-state index contributed by atoms with van der Waals surface area (Å²) in [6.07, 6.45) is 4.37. The van der Waals surface area contributed by atoms with E-state index in [1.165, 1.54) is 0 Å². The second kappa shape index (κ2) is 8.17. The fourth-order valence-electron chi connectivity index (χ4n) is 2.46. The van der Waals surface area contributed by atoms with Crippen LogP contribution in [0.15, 0.2) is 42.7 Å². The molecule has 0 saturated heterocycles. The van der Waals surface area contributed by atoms with Crippen LogP contribution < -0.4 is 9.47 Å². The number of para-hydroxylation sites is 1. The highest BCUT2D eigenvalue weighted by atomic mass is 16.5. The number of carbonyl (C=O) groups excluding carboxylic acids is 1. The van der Waals surface area contributed by atoms with Gasteiger partial charge in [0, 0.05) is 25.5 Å². The zero-order valence-electron chi connectivity index (χ0n) is 13.8. The summed E-state index contributed by atoms with van der Waals surface area (Å²) in [7, 11) is 3.10. The smallest absolute Gasteiger partial charge is 0.258 e. The normalized spacial score (nSPS) is 10.2. The molecule has 1 aromatic carbocycles. The fraction of sp³-hybridized carbons (Fsp3) is 0.333. The summed E-state index contributed by atoms with van der Waals surface area (Å²) < 4.78 is 10.7. The van der Waals surface area contributed by atoms with Gasteiger partial charge in [0.15, 0.2) is 11.5 Å². The Labute approximate surface area is 136 Å². The molecule has 0 unspecified atom stereocenters. The number of carbonyl (C=O) groups is 1. The molecule has 0 aliphatic rings. The molecule has 5 nitrogen and oxygen atoms in total. The van der Waals surface area contributed by atoms with Crippen LogP contribution in [0.1, 0.15) is 29.3 Å². The number of aromatic nitrogens is 1. The largest absolute Gasteiger partial charge is 0.493 e. The molecular weight excluding hydrogens is 292 g/mol. The molecule has 0 bridgehead atoms. The maximum atomic E-state index is 13.0. The van der Waals surface area contributed by atoms with Crippen molar-refractivity contribution in [3.8, 4) is 11.5 Å². The van der Waals surface area contributed by atoms with E-state index >= 15 is 0 Å². The molecule has 0 spiro atoms. The lowest BCUT2D eigenvalue weighted by Crippen LogP contribution is -2.31. The minimum absolute atomic E-state index is 0.0774. The molecule has 1 amide bonds. The Morgan fingerprint density at radius 3 is 2.61 bits per heavy atom. The summed E-state index contributed by atoms with van der Waals surface area (Å²) in [5.74, 6) is 0.940. The van der Waals surface area contributed by atoms with Crippen molar-refractivity contribution in [2.24, 2.45) is 0 Å². The number of ether oxygens (including phenoxy) is 2. The van der Waals surface area contributed by atoms with Gasteiger partial charge >= 0.3 is 0 Å². The van der Waals surface area contributed by atoms with Gasteiger partial charge in [-0.25, -0.2) is 0 Å². The van der Waals surface area contributed by atoms with Crippen molar-refractivity contribution in [2.75, 3.05) is 20.8 Å². The molecule has 0 aliphatic heterocycles. The molecule has 23 heavy (non-hydrogen) atoms. The maximum absolute atomic E-state index is 13.0. The van der Waals surface area contributed by atoms with Crippen LogP contribution in [-0.4, -0.2) is 36.6 Å². The highest BCUT2D eigenvalue weighted by molar-refractivity contribution is 5.97. The standard InChI is InChI=1S/C18H22N2O3/c1-4-11-20(13-14-7-6-10-19-12-14)18(21)15-8-5-9-16(22-2)17(15)23-3/h5-10,12H,4,11,13H2,1-3H3. The van der Waals surface area contributed by atoms with Crippen molar-refractivity contribution in [2.45, 2.75) is 19.9 Å². The van der Waals surface area contributed by atoms with Gasteiger partial charge in [-0.2, -0.15) is 0 Å². The molecule has 0 N–H and O–H groups in total. The van der Waals surface area contributed by atoms with Crippen molar-refractivity contribution in [3.05, 3.63) is 53.9 Å². The molecular formula is C18H22N2O3. The number of amides is 1. The van der Waals surface area contributed by atoms with Crippen LogP contribution >= 0.6 is 0 Å². The third-order valence-corrected chi connectivity index (χ3v) is 3.51. The van der Waals surface area contributed by atoms with Crippen molar-refractivity contribution in [1.82, 2.24) is 9.88 Å². The molecule has 0 radical (unpaired) electrons. The second-order valence-electron chi connectivity index (χ2n) is 5.13. The van der Waals surface area contributed by atoms with E-state index in [2.05, 4.69) is 4.98 Å². The lowest BCUT2D eigenvalue weighted by Gasteiger charge is -2.23. The Morgan fingerprint density at radius 1 is 1.17 bits per heavy atom. The summed E-state index contributed by atoms with van der Waals surface area (Å²) in [5, 5.41) is 0. The van der Waals surface area contributed by atoms with Gasteiger partial charge in [-0.3, -0.25) is 9.78 Å². The number of benzene rings is 1. The highest BCUT2D eigenvalue weighted by Crippen LogP contribution is 2.31. The van der Waals surface area contributed by atoms with E-state index in [4.69, 9.17) is 9.47 Å². The first kappa shape index (κ1) is 16.8. The SMILES string of the molecule is CCCN(Cc1cccnc1)C(=O)c1cccc(OC)c1OC. The lowest BCUT2D eigenvalue weighted by atomic mass is 10.1. The van der Waals surface area contributed by atoms with Crippen LogP contribution in [0.5, 0.6) is 11.5 Å². The Balaban J connectivity index is 2.31. The van der Waals surface area contributed by atoms with Crippen LogP contribution in [0.2, 0.25) is 0 Å². The third-order valence-electron chi connectivity index (χ3n) is 3.51. The summed E-state index contributed by atoms with van der Waals surface area (Å²) in [4.78, 5) is 18.9. The van der Waals surface area contributed by atoms with Crippen LogP contribution in [0.3, 0.4) is 0 Å².